The molecule has 6 heteroatoms. The molecule has 0 spiro atoms. The van der Waals surface area contributed by atoms with Crippen LogP contribution in [0.4, 0.5) is 0 Å². The minimum atomic E-state index is -0.0838. The lowest BCUT2D eigenvalue weighted by Crippen LogP contribution is -2.40. The number of carbonyl (C=O) groups excluding carboxylic acids is 1. The lowest BCUT2D eigenvalue weighted by atomic mass is 9.86. The number of amides is 1. The largest absolute Gasteiger partial charge is 0.447 e. The molecule has 0 aliphatic carbocycles. The fraction of sp³-hybridized carbons (Fsp3) is 0.600. The van der Waals surface area contributed by atoms with Gasteiger partial charge in [0.05, 0.1) is 19.8 Å². The van der Waals surface area contributed by atoms with E-state index in [0.717, 1.165) is 6.54 Å². The third-order valence-corrected chi connectivity index (χ3v) is 6.15. The maximum atomic E-state index is 12.7. The highest BCUT2D eigenvalue weighted by Crippen LogP contribution is 2.24. The summed E-state index contributed by atoms with van der Waals surface area (Å²) in [6.45, 7) is 17.1. The molecule has 31 heavy (non-hydrogen) atoms. The zero-order valence-corrected chi connectivity index (χ0v) is 19.9. The van der Waals surface area contributed by atoms with Crippen molar-refractivity contribution >= 4 is 5.91 Å². The Hall–Kier alpha value is -2.18. The smallest absolute Gasteiger partial charge is 0.275 e. The van der Waals surface area contributed by atoms with Gasteiger partial charge in [0.15, 0.2) is 5.69 Å². The summed E-state index contributed by atoms with van der Waals surface area (Å²) >= 11 is 0. The van der Waals surface area contributed by atoms with E-state index in [0.29, 0.717) is 56.4 Å². The van der Waals surface area contributed by atoms with Gasteiger partial charge in [0.1, 0.15) is 6.26 Å². The van der Waals surface area contributed by atoms with Crippen LogP contribution in [0.5, 0.6) is 0 Å². The minimum absolute atomic E-state index is 0.0838. The standard InChI is InChI=1S/C25H37N3O3/c1-18(2)19(3)28(15-20-7-9-21(10-8-20)25(4,5)6)16-23-26-22(17-31-23)24(29)27-11-13-30-14-12-27/h7-10,17-19H,11-16H2,1-6H3. The van der Waals surface area contributed by atoms with Crippen molar-refractivity contribution in [3.8, 4) is 0 Å². The van der Waals surface area contributed by atoms with Gasteiger partial charge in [-0.15, -0.1) is 0 Å². The van der Waals surface area contributed by atoms with Gasteiger partial charge in [-0.1, -0.05) is 58.9 Å². The van der Waals surface area contributed by atoms with Crippen LogP contribution in [0.2, 0.25) is 0 Å². The van der Waals surface area contributed by atoms with Gasteiger partial charge in [-0.3, -0.25) is 9.69 Å². The quantitative estimate of drug-likeness (QED) is 0.652. The van der Waals surface area contributed by atoms with Crippen LogP contribution in [0.1, 0.15) is 69.0 Å². The van der Waals surface area contributed by atoms with E-state index in [1.54, 1.807) is 4.90 Å². The van der Waals surface area contributed by atoms with Gasteiger partial charge in [-0.2, -0.15) is 0 Å². The van der Waals surface area contributed by atoms with Crippen LogP contribution in [0.3, 0.4) is 0 Å². The molecule has 0 N–H and O–H groups in total. The van der Waals surface area contributed by atoms with Crippen LogP contribution >= 0.6 is 0 Å². The number of hydrogen-bond acceptors (Lipinski definition) is 5. The van der Waals surface area contributed by atoms with E-state index in [9.17, 15) is 4.79 Å². The average Bonchev–Trinajstić information content (AvgIpc) is 3.21. The number of ether oxygens (including phenoxy) is 1. The van der Waals surface area contributed by atoms with Crippen LogP contribution in [0.25, 0.3) is 0 Å². The normalized spacial score (nSPS) is 16.2. The molecule has 6 nitrogen and oxygen atoms in total. The Kier molecular flexibility index (Phi) is 7.55. The third-order valence-electron chi connectivity index (χ3n) is 6.15. The second-order valence-electron chi connectivity index (χ2n) is 9.87. The molecule has 1 unspecified atom stereocenters. The molecule has 3 rings (SSSR count). The van der Waals surface area contributed by atoms with Crippen molar-refractivity contribution in [2.45, 2.75) is 66.1 Å². The Morgan fingerprint density at radius 2 is 1.74 bits per heavy atom. The molecule has 0 saturated carbocycles. The van der Waals surface area contributed by atoms with Crippen molar-refractivity contribution in [1.29, 1.82) is 0 Å². The molecule has 1 aromatic carbocycles. The molecule has 1 saturated heterocycles. The number of carbonyl (C=O) groups is 1. The summed E-state index contributed by atoms with van der Waals surface area (Å²) in [6.07, 6.45) is 1.49. The fourth-order valence-electron chi connectivity index (χ4n) is 3.69. The van der Waals surface area contributed by atoms with Crippen molar-refractivity contribution in [2.75, 3.05) is 26.3 Å². The van der Waals surface area contributed by atoms with E-state index in [-0.39, 0.29) is 11.3 Å². The van der Waals surface area contributed by atoms with Crippen LogP contribution in [-0.4, -0.2) is 53.0 Å². The van der Waals surface area contributed by atoms with Crippen LogP contribution < -0.4 is 0 Å². The summed E-state index contributed by atoms with van der Waals surface area (Å²) in [6, 6.07) is 9.20. The maximum absolute atomic E-state index is 12.7. The predicted octanol–water partition coefficient (Wildman–Crippen LogP) is 4.49. The Bertz CT molecular complexity index is 846. The minimum Gasteiger partial charge on any atom is -0.447 e. The van der Waals surface area contributed by atoms with E-state index in [4.69, 9.17) is 9.15 Å². The summed E-state index contributed by atoms with van der Waals surface area (Å²) in [5.74, 6) is 0.980. The second-order valence-corrected chi connectivity index (χ2v) is 9.87. The number of hydrogen-bond donors (Lipinski definition) is 0. The number of benzene rings is 1. The van der Waals surface area contributed by atoms with Crippen molar-refractivity contribution in [3.63, 3.8) is 0 Å². The van der Waals surface area contributed by atoms with E-state index in [1.807, 2.05) is 0 Å². The average molecular weight is 428 g/mol. The molecule has 2 heterocycles. The van der Waals surface area contributed by atoms with Crippen LogP contribution in [-0.2, 0) is 23.2 Å². The van der Waals surface area contributed by atoms with Gasteiger partial charge in [0, 0.05) is 25.7 Å². The van der Waals surface area contributed by atoms with E-state index in [1.165, 1.54) is 17.4 Å². The summed E-state index contributed by atoms with van der Waals surface area (Å²) in [5.41, 5.74) is 3.12. The highest BCUT2D eigenvalue weighted by molar-refractivity contribution is 5.92. The second kappa shape index (κ2) is 9.96. The molecule has 170 valence electrons. The molecule has 1 fully saturated rings. The Morgan fingerprint density at radius 1 is 1.10 bits per heavy atom. The number of nitrogens with zero attached hydrogens (tertiary/aromatic N) is 3. The van der Waals surface area contributed by atoms with Crippen LogP contribution in [0, 0.1) is 5.92 Å². The Balaban J connectivity index is 1.71. The first-order chi connectivity index (χ1) is 14.6. The molecular formula is C25H37N3O3. The molecule has 1 amide bonds. The topological polar surface area (TPSA) is 58.8 Å². The molecule has 0 radical (unpaired) electrons. The van der Waals surface area contributed by atoms with Crippen molar-refractivity contribution in [2.24, 2.45) is 5.92 Å². The van der Waals surface area contributed by atoms with E-state index in [2.05, 4.69) is 75.7 Å². The van der Waals surface area contributed by atoms with Gasteiger partial charge >= 0.3 is 0 Å². The van der Waals surface area contributed by atoms with Crippen LogP contribution in [0.15, 0.2) is 34.9 Å². The Morgan fingerprint density at radius 3 is 2.32 bits per heavy atom. The zero-order chi connectivity index (χ0) is 22.6. The van der Waals surface area contributed by atoms with Crippen molar-refractivity contribution in [1.82, 2.24) is 14.8 Å². The summed E-state index contributed by atoms with van der Waals surface area (Å²) < 4.78 is 11.0. The molecule has 1 aromatic heterocycles. The monoisotopic (exact) mass is 427 g/mol. The first-order valence-electron chi connectivity index (χ1n) is 11.3. The molecule has 1 atom stereocenters. The summed E-state index contributed by atoms with van der Waals surface area (Å²) in [4.78, 5) is 21.3. The lowest BCUT2D eigenvalue weighted by molar-refractivity contribution is 0.0299. The lowest BCUT2D eigenvalue weighted by Gasteiger charge is -2.31. The van der Waals surface area contributed by atoms with E-state index < -0.39 is 0 Å². The van der Waals surface area contributed by atoms with Gasteiger partial charge in [-0.05, 0) is 29.4 Å². The molecule has 0 bridgehead atoms. The van der Waals surface area contributed by atoms with Crippen molar-refractivity contribution in [3.05, 3.63) is 53.2 Å². The van der Waals surface area contributed by atoms with Crippen molar-refractivity contribution < 1.29 is 13.9 Å². The summed E-state index contributed by atoms with van der Waals surface area (Å²) in [7, 11) is 0. The molecule has 1 aliphatic rings. The fourth-order valence-corrected chi connectivity index (χ4v) is 3.69. The first-order valence-corrected chi connectivity index (χ1v) is 11.3. The number of rotatable bonds is 7. The first kappa shape index (κ1) is 23.5. The van der Waals surface area contributed by atoms with E-state index >= 15 is 0 Å². The third kappa shape index (κ3) is 6.17. The number of oxazole rings is 1. The molecule has 2 aromatic rings. The van der Waals surface area contributed by atoms with Gasteiger partial charge < -0.3 is 14.1 Å². The highest BCUT2D eigenvalue weighted by atomic mass is 16.5. The van der Waals surface area contributed by atoms with Gasteiger partial charge in [0.2, 0.25) is 5.89 Å². The summed E-state index contributed by atoms with van der Waals surface area (Å²) in [5, 5.41) is 0. The molecule has 1 aliphatic heterocycles. The SMILES string of the molecule is CC(C)C(C)N(Cc1ccc(C(C)(C)C)cc1)Cc1nc(C(=O)N2CCOCC2)co1. The van der Waals surface area contributed by atoms with Gasteiger partial charge in [0.25, 0.3) is 5.91 Å². The number of morpholine rings is 1. The highest BCUT2D eigenvalue weighted by Gasteiger charge is 2.24. The molecular weight excluding hydrogens is 390 g/mol. The van der Waals surface area contributed by atoms with Gasteiger partial charge in [-0.25, -0.2) is 4.98 Å². The zero-order valence-electron chi connectivity index (χ0n) is 19.9. The Labute approximate surface area is 186 Å². The predicted molar refractivity (Wildman–Crippen MR) is 122 cm³/mol. The maximum Gasteiger partial charge on any atom is 0.275 e. The number of aromatic nitrogens is 1.